The quantitative estimate of drug-likeness (QED) is 0.843. The van der Waals surface area contributed by atoms with Crippen molar-refractivity contribution < 1.29 is 5.11 Å². The van der Waals surface area contributed by atoms with Gasteiger partial charge in [0, 0.05) is 32.1 Å². The molecule has 3 heteroatoms. The van der Waals surface area contributed by atoms with Crippen molar-refractivity contribution >= 4 is 10.7 Å². The van der Waals surface area contributed by atoms with E-state index in [1.54, 1.807) is 5.56 Å². The molecule has 1 saturated carbocycles. The van der Waals surface area contributed by atoms with E-state index in [2.05, 4.69) is 29.8 Å². The summed E-state index contributed by atoms with van der Waals surface area (Å²) in [4.78, 5) is 1.49. The average Bonchev–Trinajstić information content (AvgIpc) is 2.73. The molecule has 1 N–H and O–H groups in total. The lowest BCUT2D eigenvalue weighted by atomic mass is 9.84. The third-order valence-electron chi connectivity index (χ3n) is 3.87. The summed E-state index contributed by atoms with van der Waals surface area (Å²) in [6, 6.07) is 2.34. The van der Waals surface area contributed by atoms with Crippen LogP contribution in [0.15, 0.2) is 11.4 Å². The molecule has 1 fully saturated rings. The fourth-order valence-electron chi connectivity index (χ4n) is 3.02. The van der Waals surface area contributed by atoms with E-state index in [1.165, 1.54) is 37.0 Å². The molecule has 0 aliphatic heterocycles. The molecule has 1 aliphatic carbocycles. The van der Waals surface area contributed by atoms with Crippen molar-refractivity contribution in [3.05, 3.63) is 21.9 Å². The van der Waals surface area contributed by atoms with Gasteiger partial charge in [-0.1, -0.05) is 19.3 Å². The molecule has 1 heterocycles. The zero-order valence-electron chi connectivity index (χ0n) is 11.9. The Kier molecular flexibility index (Phi) is 4.82. The Hall–Kier alpha value is -0.380. The topological polar surface area (TPSA) is 23.5 Å². The summed E-state index contributed by atoms with van der Waals surface area (Å²) in [5.74, 6) is 0.751. The van der Waals surface area contributed by atoms with Crippen molar-refractivity contribution in [2.75, 3.05) is 18.4 Å². The van der Waals surface area contributed by atoms with E-state index in [0.717, 1.165) is 12.3 Å². The summed E-state index contributed by atoms with van der Waals surface area (Å²) in [5, 5.41) is 12.1. The highest BCUT2D eigenvalue weighted by Crippen LogP contribution is 2.40. The van der Waals surface area contributed by atoms with Gasteiger partial charge in [-0.2, -0.15) is 0 Å². The molecule has 2 nitrogen and oxygen atoms in total. The Balaban J connectivity index is 2.27. The standard InChI is InChI=1S/C15H26NOS/c1-12(17)11-15-14(9-10-18(15)16(2)3)13-7-5-4-6-8-13/h9-10,12-13,17H,4-8,11H2,1-3H3/q+1. The first-order valence-corrected chi connectivity index (χ1v) is 8.34. The second-order valence-electron chi connectivity index (χ2n) is 5.70. The van der Waals surface area contributed by atoms with Gasteiger partial charge in [-0.3, -0.25) is 0 Å². The molecule has 102 valence electrons. The van der Waals surface area contributed by atoms with E-state index in [0.29, 0.717) is 0 Å². The van der Waals surface area contributed by atoms with Gasteiger partial charge in [-0.15, -0.1) is 4.31 Å². The maximum Gasteiger partial charge on any atom is 0.178 e. The second kappa shape index (κ2) is 6.18. The van der Waals surface area contributed by atoms with Crippen LogP contribution in [0, 0.1) is 0 Å². The predicted octanol–water partition coefficient (Wildman–Crippen LogP) is 3.60. The molecule has 1 aromatic rings. The van der Waals surface area contributed by atoms with Gasteiger partial charge in [-0.25, -0.2) is 0 Å². The lowest BCUT2D eigenvalue weighted by molar-refractivity contribution is 0.196. The minimum atomic E-state index is -0.228. The Morgan fingerprint density at radius 1 is 1.33 bits per heavy atom. The van der Waals surface area contributed by atoms with Crippen LogP contribution in [0.25, 0.3) is 0 Å². The number of aliphatic hydroxyl groups is 1. The number of thiophene rings is 1. The highest BCUT2D eigenvalue weighted by molar-refractivity contribution is 7.32. The monoisotopic (exact) mass is 268 g/mol. The first kappa shape index (κ1) is 14.0. The summed E-state index contributed by atoms with van der Waals surface area (Å²) in [6.45, 7) is 1.90. The minimum absolute atomic E-state index is 0.103. The highest BCUT2D eigenvalue weighted by atomic mass is 32.2. The van der Waals surface area contributed by atoms with Crippen molar-refractivity contribution in [1.29, 1.82) is 0 Å². The van der Waals surface area contributed by atoms with Gasteiger partial charge < -0.3 is 5.11 Å². The lowest BCUT2D eigenvalue weighted by Gasteiger charge is -2.21. The maximum absolute atomic E-state index is 9.75. The minimum Gasteiger partial charge on any atom is -0.393 e. The molecular weight excluding hydrogens is 242 g/mol. The highest BCUT2D eigenvalue weighted by Gasteiger charge is 2.28. The predicted molar refractivity (Wildman–Crippen MR) is 80.2 cm³/mol. The number of rotatable bonds is 4. The van der Waals surface area contributed by atoms with Crippen LogP contribution in [-0.2, 0) is 6.42 Å². The van der Waals surface area contributed by atoms with E-state index in [9.17, 15) is 5.11 Å². The average molecular weight is 268 g/mol. The van der Waals surface area contributed by atoms with E-state index >= 15 is 0 Å². The summed E-state index contributed by atoms with van der Waals surface area (Å²) in [6.07, 6.45) is 7.44. The van der Waals surface area contributed by atoms with Gasteiger partial charge in [0.1, 0.15) is 0 Å². The van der Waals surface area contributed by atoms with Crippen LogP contribution in [-0.4, -0.2) is 25.3 Å². The van der Waals surface area contributed by atoms with Crippen molar-refractivity contribution in [2.45, 2.75) is 57.5 Å². The van der Waals surface area contributed by atoms with E-state index in [4.69, 9.17) is 0 Å². The van der Waals surface area contributed by atoms with Crippen molar-refractivity contribution in [3.63, 3.8) is 0 Å². The summed E-state index contributed by atoms with van der Waals surface area (Å²) < 4.78 is 2.28. The molecule has 0 radical (unpaired) electrons. The van der Waals surface area contributed by atoms with Gasteiger partial charge in [0.2, 0.25) is 0 Å². The van der Waals surface area contributed by atoms with Crippen LogP contribution in [0.4, 0.5) is 0 Å². The Morgan fingerprint density at radius 3 is 2.56 bits per heavy atom. The molecule has 1 aliphatic rings. The Labute approximate surface area is 114 Å². The van der Waals surface area contributed by atoms with Gasteiger partial charge in [0.25, 0.3) is 0 Å². The van der Waals surface area contributed by atoms with Crippen LogP contribution in [0.2, 0.25) is 0 Å². The summed E-state index contributed by atoms with van der Waals surface area (Å²) in [7, 11) is 4.38. The number of aliphatic hydroxyl groups excluding tert-OH is 1. The first-order valence-electron chi connectivity index (χ1n) is 7.09. The fourth-order valence-corrected chi connectivity index (χ4v) is 5.04. The SMILES string of the molecule is CC(O)Cc1c(C2CCCCC2)cc[s+]1N(C)C. The van der Waals surface area contributed by atoms with Crippen LogP contribution in [0.5, 0.6) is 0 Å². The molecule has 0 aromatic carbocycles. The molecule has 0 saturated heterocycles. The second-order valence-corrected chi connectivity index (χ2v) is 7.82. The Morgan fingerprint density at radius 2 is 2.00 bits per heavy atom. The molecule has 0 bridgehead atoms. The molecule has 2 atom stereocenters. The van der Waals surface area contributed by atoms with Crippen LogP contribution in [0.3, 0.4) is 0 Å². The summed E-state index contributed by atoms with van der Waals surface area (Å²) in [5.41, 5.74) is 1.55. The normalized spacial score (nSPS) is 20.4. The largest absolute Gasteiger partial charge is 0.393 e. The molecule has 18 heavy (non-hydrogen) atoms. The third kappa shape index (κ3) is 3.14. The van der Waals surface area contributed by atoms with E-state index < -0.39 is 0 Å². The Bertz CT molecular complexity index is 378. The lowest BCUT2D eigenvalue weighted by Crippen LogP contribution is -2.13. The van der Waals surface area contributed by atoms with Gasteiger partial charge in [0.05, 0.1) is 16.8 Å². The zero-order valence-corrected chi connectivity index (χ0v) is 12.7. The third-order valence-corrected chi connectivity index (χ3v) is 5.96. The van der Waals surface area contributed by atoms with E-state index in [1.807, 2.05) is 6.92 Å². The van der Waals surface area contributed by atoms with E-state index in [-0.39, 0.29) is 16.8 Å². The van der Waals surface area contributed by atoms with Gasteiger partial charge in [-0.05, 0) is 25.7 Å². The van der Waals surface area contributed by atoms with Gasteiger partial charge in [0.15, 0.2) is 10.3 Å². The maximum atomic E-state index is 9.75. The van der Waals surface area contributed by atoms with Crippen molar-refractivity contribution in [3.8, 4) is 0 Å². The molecule has 0 spiro atoms. The smallest absolute Gasteiger partial charge is 0.178 e. The number of hydrogen-bond donors (Lipinski definition) is 1. The first-order chi connectivity index (χ1) is 8.59. The molecule has 0 amide bonds. The molecule has 1 aromatic heterocycles. The van der Waals surface area contributed by atoms with Crippen LogP contribution < -0.4 is 4.31 Å². The molecule has 2 unspecified atom stereocenters. The molecular formula is C15H26NOS+. The van der Waals surface area contributed by atoms with Crippen LogP contribution in [0.1, 0.15) is 55.4 Å². The number of nitrogens with zero attached hydrogens (tertiary/aromatic N) is 1. The summed E-state index contributed by atoms with van der Waals surface area (Å²) >= 11 is 0. The van der Waals surface area contributed by atoms with Crippen molar-refractivity contribution in [2.24, 2.45) is 0 Å². The van der Waals surface area contributed by atoms with Crippen molar-refractivity contribution in [1.82, 2.24) is 0 Å². The fraction of sp³-hybridized carbons (Fsp3) is 0.733. The van der Waals surface area contributed by atoms with Gasteiger partial charge >= 0.3 is 0 Å². The zero-order chi connectivity index (χ0) is 13.1. The number of hydrogen-bond acceptors (Lipinski definition) is 2. The van der Waals surface area contributed by atoms with Crippen LogP contribution >= 0.6 is 10.7 Å². The molecule has 2 rings (SSSR count).